The van der Waals surface area contributed by atoms with Gasteiger partial charge in [-0.15, -0.1) is 0 Å². The average Bonchev–Trinajstić information content (AvgIpc) is 2.35. The van der Waals surface area contributed by atoms with Crippen LogP contribution < -0.4 is 5.32 Å². The summed E-state index contributed by atoms with van der Waals surface area (Å²) in [6.07, 6.45) is 4.41. The zero-order valence-electron chi connectivity index (χ0n) is 10.7. The summed E-state index contributed by atoms with van der Waals surface area (Å²) in [5.41, 5.74) is 0.269. The first-order valence-electron chi connectivity index (χ1n) is 6.12. The third-order valence-electron chi connectivity index (χ3n) is 2.62. The molecule has 0 aliphatic heterocycles. The molecule has 0 aliphatic rings. The number of benzene rings is 1. The predicted octanol–water partition coefficient (Wildman–Crippen LogP) is 2.82. The SMILES string of the molecule is CCCC(NC/C=C/c1ccc(F)cc1F)C(=O)O. The van der Waals surface area contributed by atoms with E-state index in [-0.39, 0.29) is 5.56 Å². The molecular formula is C14H17F2NO2. The highest BCUT2D eigenvalue weighted by Gasteiger charge is 2.13. The second kappa shape index (κ2) is 7.63. The zero-order valence-corrected chi connectivity index (χ0v) is 10.7. The van der Waals surface area contributed by atoms with Gasteiger partial charge in [0.2, 0.25) is 0 Å². The lowest BCUT2D eigenvalue weighted by Crippen LogP contribution is -2.36. The van der Waals surface area contributed by atoms with Gasteiger partial charge in [-0.1, -0.05) is 25.5 Å². The maximum absolute atomic E-state index is 13.3. The van der Waals surface area contributed by atoms with E-state index in [1.165, 1.54) is 18.2 Å². The van der Waals surface area contributed by atoms with E-state index in [1.807, 2.05) is 6.92 Å². The van der Waals surface area contributed by atoms with Gasteiger partial charge in [0, 0.05) is 18.2 Å². The van der Waals surface area contributed by atoms with Crippen molar-refractivity contribution >= 4 is 12.0 Å². The number of rotatable bonds is 7. The minimum atomic E-state index is -0.900. The Morgan fingerprint density at radius 2 is 2.21 bits per heavy atom. The Hall–Kier alpha value is -1.75. The second-order valence-electron chi connectivity index (χ2n) is 4.16. The van der Waals surface area contributed by atoms with Crippen LogP contribution in [0, 0.1) is 11.6 Å². The minimum absolute atomic E-state index is 0.269. The molecule has 1 aromatic carbocycles. The molecule has 1 rings (SSSR count). The van der Waals surface area contributed by atoms with Crippen molar-refractivity contribution in [2.75, 3.05) is 6.54 Å². The van der Waals surface area contributed by atoms with Crippen LogP contribution in [0.5, 0.6) is 0 Å². The average molecular weight is 269 g/mol. The van der Waals surface area contributed by atoms with Gasteiger partial charge in [0.25, 0.3) is 0 Å². The Morgan fingerprint density at radius 1 is 1.47 bits per heavy atom. The van der Waals surface area contributed by atoms with E-state index in [1.54, 1.807) is 6.08 Å². The summed E-state index contributed by atoms with van der Waals surface area (Å²) in [5, 5.41) is 11.7. The molecule has 0 spiro atoms. The molecule has 0 aliphatic carbocycles. The fourth-order valence-corrected chi connectivity index (χ4v) is 1.63. The van der Waals surface area contributed by atoms with Gasteiger partial charge in [-0.3, -0.25) is 4.79 Å². The molecule has 104 valence electrons. The number of hydrogen-bond acceptors (Lipinski definition) is 2. The molecule has 0 fully saturated rings. The van der Waals surface area contributed by atoms with Crippen LogP contribution in [0.25, 0.3) is 6.08 Å². The third-order valence-corrected chi connectivity index (χ3v) is 2.62. The third kappa shape index (κ3) is 5.18. The number of carboxylic acids is 1. The summed E-state index contributed by atoms with van der Waals surface area (Å²) in [7, 11) is 0. The monoisotopic (exact) mass is 269 g/mol. The molecule has 0 bridgehead atoms. The van der Waals surface area contributed by atoms with Gasteiger partial charge in [0.15, 0.2) is 0 Å². The summed E-state index contributed by atoms with van der Waals surface area (Å²) < 4.78 is 26.0. The van der Waals surface area contributed by atoms with E-state index in [0.29, 0.717) is 13.0 Å². The Bertz CT molecular complexity index is 461. The molecule has 0 amide bonds. The van der Waals surface area contributed by atoms with Crippen molar-refractivity contribution in [3.05, 3.63) is 41.5 Å². The van der Waals surface area contributed by atoms with E-state index in [0.717, 1.165) is 12.5 Å². The lowest BCUT2D eigenvalue weighted by Gasteiger charge is -2.11. The Kier molecular flexibility index (Phi) is 6.15. The van der Waals surface area contributed by atoms with Crippen LogP contribution in [-0.2, 0) is 4.79 Å². The van der Waals surface area contributed by atoms with Crippen LogP contribution in [0.2, 0.25) is 0 Å². The van der Waals surface area contributed by atoms with Gasteiger partial charge >= 0.3 is 5.97 Å². The number of carboxylic acid groups (broad SMARTS) is 1. The van der Waals surface area contributed by atoms with Gasteiger partial charge in [0.1, 0.15) is 17.7 Å². The van der Waals surface area contributed by atoms with E-state index in [9.17, 15) is 13.6 Å². The fourth-order valence-electron chi connectivity index (χ4n) is 1.63. The Labute approximate surface area is 110 Å². The van der Waals surface area contributed by atoms with Crippen molar-refractivity contribution in [3.63, 3.8) is 0 Å². The maximum Gasteiger partial charge on any atom is 0.320 e. The van der Waals surface area contributed by atoms with Crippen molar-refractivity contribution in [1.82, 2.24) is 5.32 Å². The summed E-state index contributed by atoms with van der Waals surface area (Å²) in [6, 6.07) is 2.71. The van der Waals surface area contributed by atoms with Crippen LogP contribution in [0.3, 0.4) is 0 Å². The zero-order chi connectivity index (χ0) is 14.3. The molecule has 0 radical (unpaired) electrons. The number of halogens is 2. The van der Waals surface area contributed by atoms with Crippen molar-refractivity contribution in [2.45, 2.75) is 25.8 Å². The summed E-state index contributed by atoms with van der Waals surface area (Å²) in [5.74, 6) is -2.16. The van der Waals surface area contributed by atoms with Gasteiger partial charge in [0.05, 0.1) is 0 Å². The lowest BCUT2D eigenvalue weighted by molar-refractivity contribution is -0.139. The van der Waals surface area contributed by atoms with Crippen molar-refractivity contribution in [2.24, 2.45) is 0 Å². The minimum Gasteiger partial charge on any atom is -0.480 e. The van der Waals surface area contributed by atoms with Gasteiger partial charge in [-0.05, 0) is 18.6 Å². The van der Waals surface area contributed by atoms with Crippen molar-refractivity contribution in [1.29, 1.82) is 0 Å². The summed E-state index contributed by atoms with van der Waals surface area (Å²) >= 11 is 0. The molecule has 1 aromatic rings. The highest BCUT2D eigenvalue weighted by molar-refractivity contribution is 5.73. The molecule has 0 aromatic heterocycles. The molecular weight excluding hydrogens is 252 g/mol. The van der Waals surface area contributed by atoms with Crippen LogP contribution in [0.1, 0.15) is 25.3 Å². The molecule has 19 heavy (non-hydrogen) atoms. The molecule has 5 heteroatoms. The number of hydrogen-bond donors (Lipinski definition) is 2. The van der Waals surface area contributed by atoms with Crippen LogP contribution in [0.15, 0.2) is 24.3 Å². The molecule has 0 saturated heterocycles. The Morgan fingerprint density at radius 3 is 2.79 bits per heavy atom. The van der Waals surface area contributed by atoms with E-state index >= 15 is 0 Å². The highest BCUT2D eigenvalue weighted by atomic mass is 19.1. The lowest BCUT2D eigenvalue weighted by atomic mass is 10.1. The van der Waals surface area contributed by atoms with Gasteiger partial charge < -0.3 is 10.4 Å². The predicted molar refractivity (Wildman–Crippen MR) is 69.7 cm³/mol. The molecule has 3 nitrogen and oxygen atoms in total. The summed E-state index contributed by atoms with van der Waals surface area (Å²) in [4.78, 5) is 10.9. The van der Waals surface area contributed by atoms with Gasteiger partial charge in [-0.25, -0.2) is 8.78 Å². The van der Waals surface area contributed by atoms with Crippen LogP contribution in [0.4, 0.5) is 8.78 Å². The molecule has 1 atom stereocenters. The number of carbonyl (C=O) groups is 1. The Balaban J connectivity index is 2.51. The normalized spacial score (nSPS) is 12.8. The van der Waals surface area contributed by atoms with E-state index in [4.69, 9.17) is 5.11 Å². The quantitative estimate of drug-likeness (QED) is 0.800. The molecule has 0 saturated carbocycles. The van der Waals surface area contributed by atoms with E-state index in [2.05, 4.69) is 5.32 Å². The fraction of sp³-hybridized carbons (Fsp3) is 0.357. The topological polar surface area (TPSA) is 49.3 Å². The van der Waals surface area contributed by atoms with Crippen LogP contribution >= 0.6 is 0 Å². The second-order valence-corrected chi connectivity index (χ2v) is 4.16. The standard InChI is InChI=1S/C14H17F2NO2/c1-2-4-13(14(18)19)17-8-3-5-10-6-7-11(15)9-12(10)16/h3,5-7,9,13,17H,2,4,8H2,1H3,(H,18,19)/b5-3+. The van der Waals surface area contributed by atoms with Crippen molar-refractivity contribution < 1.29 is 18.7 Å². The van der Waals surface area contributed by atoms with E-state index < -0.39 is 23.6 Å². The maximum atomic E-state index is 13.3. The first kappa shape index (κ1) is 15.3. The first-order valence-corrected chi connectivity index (χ1v) is 6.12. The van der Waals surface area contributed by atoms with Gasteiger partial charge in [-0.2, -0.15) is 0 Å². The molecule has 1 unspecified atom stereocenters. The largest absolute Gasteiger partial charge is 0.480 e. The molecule has 2 N–H and O–H groups in total. The smallest absolute Gasteiger partial charge is 0.320 e. The van der Waals surface area contributed by atoms with Crippen molar-refractivity contribution in [3.8, 4) is 0 Å². The first-order chi connectivity index (χ1) is 9.04. The van der Waals surface area contributed by atoms with Crippen LogP contribution in [-0.4, -0.2) is 23.7 Å². The summed E-state index contributed by atoms with van der Waals surface area (Å²) in [6.45, 7) is 2.22. The number of nitrogens with one attached hydrogen (secondary N) is 1. The molecule has 0 heterocycles. The highest BCUT2D eigenvalue weighted by Crippen LogP contribution is 2.10. The number of aliphatic carboxylic acids is 1.